The van der Waals surface area contributed by atoms with Gasteiger partial charge in [-0.3, -0.25) is 9.69 Å². The van der Waals surface area contributed by atoms with Gasteiger partial charge in [0, 0.05) is 50.3 Å². The van der Waals surface area contributed by atoms with E-state index in [1.807, 2.05) is 4.90 Å². The molecule has 3 saturated heterocycles. The number of likely N-dealkylation sites (tertiary alicyclic amines) is 1. The first-order valence-corrected chi connectivity index (χ1v) is 15.8. The van der Waals surface area contributed by atoms with Crippen LogP contribution < -0.4 is 4.74 Å². The fraction of sp³-hybridized carbons (Fsp3) is 0.731. The van der Waals surface area contributed by atoms with Crippen molar-refractivity contribution >= 4 is 27.7 Å². The summed E-state index contributed by atoms with van der Waals surface area (Å²) in [4.78, 5) is 20.0. The fourth-order valence-corrected chi connectivity index (χ4v) is 8.99. The minimum atomic E-state index is -3.71. The molecule has 3 aliphatic rings. The molecule has 0 radical (unpaired) electrons. The normalized spacial score (nSPS) is 23.4. The van der Waals surface area contributed by atoms with Gasteiger partial charge >= 0.3 is 0 Å². The van der Waals surface area contributed by atoms with Crippen molar-refractivity contribution in [1.82, 2.24) is 19.0 Å². The van der Waals surface area contributed by atoms with Gasteiger partial charge in [-0.2, -0.15) is 16.1 Å². The number of amides is 1. The number of carbonyl (C=O) groups is 1. The van der Waals surface area contributed by atoms with E-state index in [0.29, 0.717) is 40.1 Å². The van der Waals surface area contributed by atoms with E-state index in [9.17, 15) is 13.2 Å². The average Bonchev–Trinajstić information content (AvgIpc) is 2.88. The number of thioether (sulfide) groups is 1. The highest BCUT2D eigenvalue weighted by molar-refractivity contribution is 7.99. The SMILES string of the molecule is COc1cc(C)c(S(=O)(=O)N2CCSCC2COCC(=O)N2CCN(C3CCN(C)CC3)CC2)c(C)c1. The predicted octanol–water partition coefficient (Wildman–Crippen LogP) is 1.67. The molecule has 1 aromatic carbocycles. The number of benzene rings is 1. The summed E-state index contributed by atoms with van der Waals surface area (Å²) in [6.07, 6.45) is 2.39. The van der Waals surface area contributed by atoms with Crippen molar-refractivity contribution in [3.63, 3.8) is 0 Å². The summed E-state index contributed by atoms with van der Waals surface area (Å²) < 4.78 is 40.1. The van der Waals surface area contributed by atoms with Crippen molar-refractivity contribution in [2.24, 2.45) is 0 Å². The Balaban J connectivity index is 1.30. The van der Waals surface area contributed by atoms with Gasteiger partial charge in [0.2, 0.25) is 15.9 Å². The van der Waals surface area contributed by atoms with Crippen molar-refractivity contribution in [1.29, 1.82) is 0 Å². The predicted molar refractivity (Wildman–Crippen MR) is 147 cm³/mol. The summed E-state index contributed by atoms with van der Waals surface area (Å²) in [6, 6.07) is 3.84. The molecule has 0 N–H and O–H groups in total. The van der Waals surface area contributed by atoms with Crippen LogP contribution >= 0.6 is 11.8 Å². The van der Waals surface area contributed by atoms with Gasteiger partial charge in [0.25, 0.3) is 0 Å². The topological polar surface area (TPSA) is 82.6 Å². The lowest BCUT2D eigenvalue weighted by molar-refractivity contribution is -0.138. The highest BCUT2D eigenvalue weighted by Crippen LogP contribution is 2.31. The largest absolute Gasteiger partial charge is 0.497 e. The molecule has 9 nitrogen and oxygen atoms in total. The minimum absolute atomic E-state index is 0.0101. The van der Waals surface area contributed by atoms with Crippen LogP contribution in [0, 0.1) is 13.8 Å². The average molecular weight is 555 g/mol. The standard InChI is InChI=1S/C26H42N4O5S2/c1-20-15-24(34-4)16-21(2)26(20)37(32,33)30-13-14-36-19-23(30)17-35-18-25(31)29-11-9-28(10-12-29)22-5-7-27(3)8-6-22/h15-16,22-23H,5-14,17-19H2,1-4H3. The second-order valence-corrected chi connectivity index (χ2v) is 13.4. The Bertz CT molecular complexity index is 1010. The van der Waals surface area contributed by atoms with Gasteiger partial charge in [-0.1, -0.05) is 0 Å². The monoisotopic (exact) mass is 554 g/mol. The zero-order valence-electron chi connectivity index (χ0n) is 22.6. The van der Waals surface area contributed by atoms with Crippen molar-refractivity contribution in [2.75, 3.05) is 84.7 Å². The third-order valence-electron chi connectivity index (χ3n) is 7.82. The summed E-state index contributed by atoms with van der Waals surface area (Å²) in [5.74, 6) is 2.03. The highest BCUT2D eigenvalue weighted by Gasteiger charge is 2.36. The molecule has 3 heterocycles. The van der Waals surface area contributed by atoms with E-state index in [-0.39, 0.29) is 25.2 Å². The number of piperidine rings is 1. The van der Waals surface area contributed by atoms with Crippen LogP contribution in [0.1, 0.15) is 24.0 Å². The van der Waals surface area contributed by atoms with Crippen molar-refractivity contribution in [3.8, 4) is 5.75 Å². The second-order valence-electron chi connectivity index (χ2n) is 10.4. The molecule has 0 saturated carbocycles. The molecule has 0 bridgehead atoms. The molecule has 0 aromatic heterocycles. The van der Waals surface area contributed by atoms with Crippen LogP contribution in [-0.2, 0) is 19.6 Å². The first-order valence-electron chi connectivity index (χ1n) is 13.2. The summed E-state index contributed by atoms with van der Waals surface area (Å²) in [6.45, 7) is 9.79. The quantitative estimate of drug-likeness (QED) is 0.480. The number of methoxy groups -OCH3 is 1. The van der Waals surface area contributed by atoms with E-state index in [1.165, 1.54) is 12.8 Å². The smallest absolute Gasteiger partial charge is 0.248 e. The molecular weight excluding hydrogens is 512 g/mol. The van der Waals surface area contributed by atoms with Crippen LogP contribution in [0.5, 0.6) is 5.75 Å². The maximum atomic E-state index is 13.7. The molecule has 0 aliphatic carbocycles. The Morgan fingerprint density at radius 2 is 1.68 bits per heavy atom. The Labute approximate surface area is 226 Å². The number of hydrogen-bond acceptors (Lipinski definition) is 8. The van der Waals surface area contributed by atoms with Gasteiger partial charge < -0.3 is 19.3 Å². The Kier molecular flexibility index (Phi) is 9.79. The number of piperazine rings is 1. The van der Waals surface area contributed by atoms with E-state index in [1.54, 1.807) is 49.2 Å². The Hall–Kier alpha value is -1.37. The molecule has 1 aromatic rings. The van der Waals surface area contributed by atoms with E-state index in [2.05, 4.69) is 16.8 Å². The lowest BCUT2D eigenvalue weighted by Gasteiger charge is -2.42. The van der Waals surface area contributed by atoms with Crippen molar-refractivity contribution < 1.29 is 22.7 Å². The van der Waals surface area contributed by atoms with Crippen LogP contribution in [0.3, 0.4) is 0 Å². The molecule has 0 spiro atoms. The number of rotatable bonds is 8. The lowest BCUT2D eigenvalue weighted by atomic mass is 10.0. The first-order chi connectivity index (χ1) is 17.7. The van der Waals surface area contributed by atoms with Gasteiger partial charge in [-0.15, -0.1) is 0 Å². The maximum Gasteiger partial charge on any atom is 0.248 e. The molecule has 1 atom stereocenters. The maximum absolute atomic E-state index is 13.7. The van der Waals surface area contributed by atoms with Gasteiger partial charge in [-0.05, 0) is 70.1 Å². The van der Waals surface area contributed by atoms with E-state index in [4.69, 9.17) is 9.47 Å². The third kappa shape index (κ3) is 6.80. The van der Waals surface area contributed by atoms with Gasteiger partial charge in [0.1, 0.15) is 12.4 Å². The van der Waals surface area contributed by atoms with Crippen LogP contribution in [-0.4, -0.2) is 130 Å². The molecule has 4 rings (SSSR count). The molecule has 37 heavy (non-hydrogen) atoms. The van der Waals surface area contributed by atoms with Crippen LogP contribution in [0.25, 0.3) is 0 Å². The highest BCUT2D eigenvalue weighted by atomic mass is 32.2. The molecule has 11 heteroatoms. The van der Waals surface area contributed by atoms with E-state index >= 15 is 0 Å². The fourth-order valence-electron chi connectivity index (χ4n) is 5.71. The molecular formula is C26H42N4O5S2. The molecule has 3 fully saturated rings. The van der Waals surface area contributed by atoms with Gasteiger partial charge in [-0.25, -0.2) is 8.42 Å². The van der Waals surface area contributed by atoms with Gasteiger partial charge in [0.05, 0.1) is 24.7 Å². The first kappa shape index (κ1) is 28.6. The molecule has 208 valence electrons. The van der Waals surface area contributed by atoms with E-state index < -0.39 is 10.0 Å². The van der Waals surface area contributed by atoms with Crippen molar-refractivity contribution in [2.45, 2.75) is 43.7 Å². The molecule has 3 aliphatic heterocycles. The van der Waals surface area contributed by atoms with E-state index in [0.717, 1.165) is 45.0 Å². The Morgan fingerprint density at radius 3 is 2.30 bits per heavy atom. The van der Waals surface area contributed by atoms with Crippen LogP contribution in [0.4, 0.5) is 0 Å². The Morgan fingerprint density at radius 1 is 1.03 bits per heavy atom. The van der Waals surface area contributed by atoms with Crippen LogP contribution in [0.2, 0.25) is 0 Å². The summed E-state index contributed by atoms with van der Waals surface area (Å²) >= 11 is 1.72. The zero-order valence-corrected chi connectivity index (χ0v) is 24.3. The van der Waals surface area contributed by atoms with Gasteiger partial charge in [0.15, 0.2) is 0 Å². The number of sulfonamides is 1. The number of ether oxygens (including phenoxy) is 2. The number of hydrogen-bond donors (Lipinski definition) is 0. The van der Waals surface area contributed by atoms with Crippen molar-refractivity contribution in [3.05, 3.63) is 23.3 Å². The summed E-state index contributed by atoms with van der Waals surface area (Å²) in [7, 11) is 0.0445. The lowest BCUT2D eigenvalue weighted by Crippen LogP contribution is -2.54. The molecule has 1 amide bonds. The number of aryl methyl sites for hydroxylation is 2. The minimum Gasteiger partial charge on any atom is -0.497 e. The number of nitrogens with zero attached hydrogens (tertiary/aromatic N) is 4. The zero-order chi connectivity index (χ0) is 26.6. The summed E-state index contributed by atoms with van der Waals surface area (Å²) in [5, 5.41) is 0. The third-order valence-corrected chi connectivity index (χ3v) is 11.2. The number of carbonyl (C=O) groups excluding carboxylic acids is 1. The summed E-state index contributed by atoms with van der Waals surface area (Å²) in [5.41, 5.74) is 1.34. The molecule has 1 unspecified atom stereocenters. The second kappa shape index (κ2) is 12.7. The van der Waals surface area contributed by atoms with Crippen LogP contribution in [0.15, 0.2) is 17.0 Å².